The molecule has 4 rings (SSSR count). The summed E-state index contributed by atoms with van der Waals surface area (Å²) >= 11 is 1.18. The van der Waals surface area contributed by atoms with Gasteiger partial charge in [0.15, 0.2) is 0 Å². The van der Waals surface area contributed by atoms with Crippen LogP contribution in [-0.4, -0.2) is 44.1 Å². The number of hydrogen-bond acceptors (Lipinski definition) is 6. The summed E-state index contributed by atoms with van der Waals surface area (Å²) < 4.78 is 84.8. The number of halogens is 4. The van der Waals surface area contributed by atoms with Crippen molar-refractivity contribution in [1.29, 1.82) is 0 Å². The van der Waals surface area contributed by atoms with Gasteiger partial charge in [-0.2, -0.15) is 17.5 Å². The second kappa shape index (κ2) is 8.16. The molecular formula is C20H19F4N3O3S2. The van der Waals surface area contributed by atoms with Crippen molar-refractivity contribution in [1.82, 2.24) is 9.46 Å². The summed E-state index contributed by atoms with van der Waals surface area (Å²) in [5, 5.41) is 3.50. The van der Waals surface area contributed by atoms with Gasteiger partial charge in [0.2, 0.25) is 15.8 Å². The van der Waals surface area contributed by atoms with Crippen LogP contribution >= 0.6 is 11.3 Å². The summed E-state index contributed by atoms with van der Waals surface area (Å²) in [6.07, 6.45) is -4.72. The van der Waals surface area contributed by atoms with E-state index in [1.54, 1.807) is 26.0 Å². The van der Waals surface area contributed by atoms with E-state index in [2.05, 4.69) is 9.68 Å². The number of aryl methyl sites for hydroxylation is 2. The Labute approximate surface area is 186 Å². The first kappa shape index (κ1) is 22.7. The van der Waals surface area contributed by atoms with Crippen molar-refractivity contribution in [3.63, 3.8) is 0 Å². The first-order chi connectivity index (χ1) is 15.0. The van der Waals surface area contributed by atoms with Crippen LogP contribution < -0.4 is 4.90 Å². The second-order valence-electron chi connectivity index (χ2n) is 7.36. The number of nitrogens with zero attached hydrogens (tertiary/aromatic N) is 3. The fourth-order valence-electron chi connectivity index (χ4n) is 3.76. The minimum atomic E-state index is -4.72. The molecule has 12 heteroatoms. The lowest BCUT2D eigenvalue weighted by Gasteiger charge is -2.35. The Kier molecular flexibility index (Phi) is 5.80. The van der Waals surface area contributed by atoms with Crippen LogP contribution in [0, 0.1) is 19.7 Å². The third-order valence-electron chi connectivity index (χ3n) is 5.28. The molecule has 172 valence electrons. The maximum Gasteiger partial charge on any atom is 0.452 e. The molecule has 0 bridgehead atoms. The molecule has 0 atom stereocenters. The first-order valence-electron chi connectivity index (χ1n) is 9.63. The van der Waals surface area contributed by atoms with Crippen molar-refractivity contribution >= 4 is 27.0 Å². The maximum atomic E-state index is 13.5. The molecule has 0 spiro atoms. The van der Waals surface area contributed by atoms with Crippen molar-refractivity contribution in [3.05, 3.63) is 51.7 Å². The Balaban J connectivity index is 1.62. The largest absolute Gasteiger partial charge is 0.452 e. The zero-order chi connectivity index (χ0) is 23.3. The van der Waals surface area contributed by atoms with E-state index in [1.165, 1.54) is 27.8 Å². The topological polar surface area (TPSA) is 66.7 Å². The Hall–Kier alpha value is -2.44. The quantitative estimate of drug-likeness (QED) is 0.498. The van der Waals surface area contributed by atoms with Gasteiger partial charge >= 0.3 is 6.18 Å². The van der Waals surface area contributed by atoms with Crippen molar-refractivity contribution in [2.75, 3.05) is 31.1 Å². The Morgan fingerprint density at radius 1 is 1.03 bits per heavy atom. The molecule has 1 aliphatic heterocycles. The average Bonchev–Trinajstić information content (AvgIpc) is 3.33. The molecule has 6 nitrogen and oxygen atoms in total. The number of rotatable bonds is 4. The Morgan fingerprint density at radius 2 is 1.66 bits per heavy atom. The summed E-state index contributed by atoms with van der Waals surface area (Å²) in [6.45, 7) is 4.41. The molecule has 0 N–H and O–H groups in total. The third kappa shape index (κ3) is 4.14. The zero-order valence-electron chi connectivity index (χ0n) is 17.1. The standard InChI is InChI=1S/C20H19F4N3O3S2/c1-12-18(16-11-17(30-25-16)20(22,23)24)19(13(2)31-12)32(28,29)27-9-7-26(8-10-27)15-5-3-14(21)4-6-15/h3-6,11H,7-10H2,1-2H3. The number of anilines is 1. The van der Waals surface area contributed by atoms with Crippen LogP contribution in [0.25, 0.3) is 11.3 Å². The van der Waals surface area contributed by atoms with Crippen LogP contribution in [0.15, 0.2) is 39.8 Å². The molecule has 0 saturated carbocycles. The smallest absolute Gasteiger partial charge is 0.369 e. The molecular weight excluding hydrogens is 470 g/mol. The van der Waals surface area contributed by atoms with Gasteiger partial charge in [-0.1, -0.05) is 5.16 Å². The molecule has 1 saturated heterocycles. The number of sulfonamides is 1. The van der Waals surface area contributed by atoms with Gasteiger partial charge in [0.1, 0.15) is 16.4 Å². The lowest BCUT2D eigenvalue weighted by molar-refractivity contribution is -0.155. The zero-order valence-corrected chi connectivity index (χ0v) is 18.7. The minimum absolute atomic E-state index is 0.0442. The van der Waals surface area contributed by atoms with E-state index in [0.29, 0.717) is 22.8 Å². The molecule has 3 heterocycles. The van der Waals surface area contributed by atoms with Gasteiger partial charge in [-0.15, -0.1) is 11.3 Å². The summed E-state index contributed by atoms with van der Waals surface area (Å²) in [7, 11) is -4.00. The molecule has 32 heavy (non-hydrogen) atoms. The van der Waals surface area contributed by atoms with E-state index >= 15 is 0 Å². The Morgan fingerprint density at radius 3 is 2.22 bits per heavy atom. The molecule has 3 aromatic rings. The Bertz CT molecular complexity index is 1230. The van der Waals surface area contributed by atoms with Gasteiger partial charge < -0.3 is 9.42 Å². The van der Waals surface area contributed by atoms with Gasteiger partial charge in [0.25, 0.3) is 0 Å². The number of aromatic nitrogens is 1. The number of piperazine rings is 1. The van der Waals surface area contributed by atoms with Crippen LogP contribution in [0.5, 0.6) is 0 Å². The highest BCUT2D eigenvalue weighted by atomic mass is 32.2. The van der Waals surface area contributed by atoms with Crippen LogP contribution in [0.2, 0.25) is 0 Å². The third-order valence-corrected chi connectivity index (χ3v) is 8.50. The summed E-state index contributed by atoms with van der Waals surface area (Å²) in [6, 6.07) is 6.67. The number of alkyl halides is 3. The highest BCUT2D eigenvalue weighted by molar-refractivity contribution is 7.89. The summed E-state index contributed by atoms with van der Waals surface area (Å²) in [4.78, 5) is 2.91. The van der Waals surface area contributed by atoms with E-state index in [1.807, 2.05) is 4.90 Å². The lowest BCUT2D eigenvalue weighted by Crippen LogP contribution is -2.48. The average molecular weight is 490 g/mol. The summed E-state index contributed by atoms with van der Waals surface area (Å²) in [5.41, 5.74) is 0.754. The van der Waals surface area contributed by atoms with Gasteiger partial charge in [-0.3, -0.25) is 0 Å². The monoisotopic (exact) mass is 489 g/mol. The SMILES string of the molecule is Cc1sc(C)c(S(=O)(=O)N2CCN(c3ccc(F)cc3)CC2)c1-c1cc(C(F)(F)F)on1. The van der Waals surface area contributed by atoms with Crippen molar-refractivity contribution in [2.45, 2.75) is 24.9 Å². The van der Waals surface area contributed by atoms with E-state index < -0.39 is 22.0 Å². The predicted octanol–water partition coefficient (Wildman–Crippen LogP) is 4.69. The summed E-state index contributed by atoms with van der Waals surface area (Å²) in [5.74, 6) is -1.64. The molecule has 0 unspecified atom stereocenters. The number of benzene rings is 1. The molecule has 2 aromatic heterocycles. The van der Waals surface area contributed by atoms with Crippen LogP contribution in [0.4, 0.5) is 23.2 Å². The fraction of sp³-hybridized carbons (Fsp3) is 0.350. The van der Waals surface area contributed by atoms with Crippen molar-refractivity contribution < 1.29 is 30.5 Å². The second-order valence-corrected chi connectivity index (χ2v) is 10.7. The van der Waals surface area contributed by atoms with Crippen molar-refractivity contribution in [2.24, 2.45) is 0 Å². The van der Waals surface area contributed by atoms with Crippen molar-refractivity contribution in [3.8, 4) is 11.3 Å². The van der Waals surface area contributed by atoms with E-state index in [9.17, 15) is 26.0 Å². The first-order valence-corrected chi connectivity index (χ1v) is 11.9. The molecule has 0 aliphatic carbocycles. The van der Waals surface area contributed by atoms with Gasteiger partial charge in [-0.05, 0) is 38.1 Å². The highest BCUT2D eigenvalue weighted by Crippen LogP contribution is 2.41. The lowest BCUT2D eigenvalue weighted by atomic mass is 10.1. The van der Waals surface area contributed by atoms with Crippen LogP contribution in [-0.2, 0) is 16.2 Å². The van der Waals surface area contributed by atoms with E-state index in [-0.39, 0.29) is 35.1 Å². The molecule has 1 fully saturated rings. The minimum Gasteiger partial charge on any atom is -0.369 e. The van der Waals surface area contributed by atoms with Gasteiger partial charge in [-0.25, -0.2) is 12.8 Å². The highest BCUT2D eigenvalue weighted by Gasteiger charge is 2.39. The normalized spacial score (nSPS) is 16.0. The maximum absolute atomic E-state index is 13.5. The fourth-order valence-corrected chi connectivity index (χ4v) is 7.01. The van der Waals surface area contributed by atoms with E-state index in [4.69, 9.17) is 0 Å². The van der Waals surface area contributed by atoms with Gasteiger partial charge in [0, 0.05) is 53.3 Å². The number of hydrogen-bond donors (Lipinski definition) is 0. The molecule has 1 aromatic carbocycles. The molecule has 0 radical (unpaired) electrons. The molecule has 1 aliphatic rings. The molecule has 0 amide bonds. The number of thiophene rings is 1. The van der Waals surface area contributed by atoms with Crippen LogP contribution in [0.1, 0.15) is 15.5 Å². The van der Waals surface area contributed by atoms with E-state index in [0.717, 1.165) is 11.8 Å². The van der Waals surface area contributed by atoms with Crippen LogP contribution in [0.3, 0.4) is 0 Å². The van der Waals surface area contributed by atoms with Gasteiger partial charge in [0.05, 0.1) is 0 Å². The predicted molar refractivity (Wildman–Crippen MR) is 112 cm³/mol.